The molecule has 1 rings (SSSR count). The Kier molecular flexibility index (Phi) is 7.16. The van der Waals surface area contributed by atoms with Gasteiger partial charge in [0.15, 0.2) is 11.5 Å². The molecule has 0 spiro atoms. The van der Waals surface area contributed by atoms with E-state index in [-0.39, 0.29) is 24.1 Å². The van der Waals surface area contributed by atoms with E-state index in [4.69, 9.17) is 4.74 Å². The van der Waals surface area contributed by atoms with Crippen LogP contribution in [0.3, 0.4) is 0 Å². The molecule has 0 unspecified atom stereocenters. The fourth-order valence-electron chi connectivity index (χ4n) is 1.48. The molecule has 1 aromatic rings. The molecule has 0 bridgehead atoms. The van der Waals surface area contributed by atoms with Gasteiger partial charge in [-0.2, -0.15) is 0 Å². The summed E-state index contributed by atoms with van der Waals surface area (Å²) in [6.07, 6.45) is 0. The molecule has 0 atom stereocenters. The molecule has 6 heteroatoms. The summed E-state index contributed by atoms with van der Waals surface area (Å²) >= 11 is 0. The second kappa shape index (κ2) is 7.79. The number of phenols is 1. The van der Waals surface area contributed by atoms with Crippen molar-refractivity contribution >= 4 is 18.3 Å². The first-order valence-electron chi connectivity index (χ1n) is 5.33. The number of ether oxygens (including phenoxy) is 1. The maximum atomic E-state index is 11.5. The molecule has 0 heterocycles. The number of hydrogen-bond donors (Lipinski definition) is 2. The Bertz CT molecular complexity index is 399. The van der Waals surface area contributed by atoms with Gasteiger partial charge in [-0.25, -0.2) is 0 Å². The summed E-state index contributed by atoms with van der Waals surface area (Å²) in [7, 11) is 4.95. The average molecular weight is 275 g/mol. The minimum absolute atomic E-state index is 0. The lowest BCUT2D eigenvalue weighted by Gasteiger charge is -2.17. The predicted octanol–water partition coefficient (Wildman–Crippen LogP) is 1.00. The number of phenolic OH excluding ortho intramolecular Hbond substituents is 1. The summed E-state index contributed by atoms with van der Waals surface area (Å²) in [6, 6.07) is 5.10. The Morgan fingerprint density at radius 1 is 1.50 bits per heavy atom. The van der Waals surface area contributed by atoms with E-state index in [1.54, 1.807) is 31.1 Å². The summed E-state index contributed by atoms with van der Waals surface area (Å²) in [6.45, 7) is 0.761. The topological polar surface area (TPSA) is 61.8 Å². The van der Waals surface area contributed by atoms with Crippen LogP contribution >= 0.6 is 12.4 Å². The number of nitrogens with one attached hydrogen (secondary N) is 1. The van der Waals surface area contributed by atoms with E-state index in [1.807, 2.05) is 6.07 Å². The van der Waals surface area contributed by atoms with Gasteiger partial charge in [0.05, 0.1) is 13.7 Å². The highest BCUT2D eigenvalue weighted by molar-refractivity contribution is 5.85. The Balaban J connectivity index is 0.00000289. The Morgan fingerprint density at radius 3 is 2.67 bits per heavy atom. The minimum Gasteiger partial charge on any atom is -0.504 e. The Hall–Kier alpha value is -1.46. The van der Waals surface area contributed by atoms with Gasteiger partial charge >= 0.3 is 0 Å². The first kappa shape index (κ1) is 16.5. The standard InChI is InChI=1S/C12H18N2O3.ClH/c1-13-7-12(16)14(2)8-9-4-5-11(17-3)10(15)6-9;/h4-6,13,15H,7-8H2,1-3H3;1H. The number of amides is 1. The van der Waals surface area contributed by atoms with Crippen molar-refractivity contribution in [1.82, 2.24) is 10.2 Å². The van der Waals surface area contributed by atoms with Crippen LogP contribution < -0.4 is 10.1 Å². The van der Waals surface area contributed by atoms with Crippen LogP contribution in [0.25, 0.3) is 0 Å². The molecule has 102 valence electrons. The van der Waals surface area contributed by atoms with Crippen LogP contribution in [-0.4, -0.2) is 43.7 Å². The van der Waals surface area contributed by atoms with E-state index in [9.17, 15) is 9.90 Å². The normalized spacial score (nSPS) is 9.50. The largest absolute Gasteiger partial charge is 0.504 e. The minimum atomic E-state index is 0. The number of halogens is 1. The third kappa shape index (κ3) is 4.43. The second-order valence-electron chi connectivity index (χ2n) is 3.79. The van der Waals surface area contributed by atoms with Crippen molar-refractivity contribution in [2.75, 3.05) is 27.7 Å². The number of benzene rings is 1. The maximum absolute atomic E-state index is 11.5. The lowest BCUT2D eigenvalue weighted by Crippen LogP contribution is -2.33. The smallest absolute Gasteiger partial charge is 0.236 e. The third-order valence-electron chi connectivity index (χ3n) is 2.42. The van der Waals surface area contributed by atoms with Gasteiger partial charge in [0, 0.05) is 13.6 Å². The molecule has 1 aromatic carbocycles. The lowest BCUT2D eigenvalue weighted by molar-refractivity contribution is -0.129. The van der Waals surface area contributed by atoms with E-state index in [1.165, 1.54) is 7.11 Å². The zero-order chi connectivity index (χ0) is 12.8. The summed E-state index contributed by atoms with van der Waals surface area (Å²) in [5, 5.41) is 12.4. The summed E-state index contributed by atoms with van der Waals surface area (Å²) in [5.41, 5.74) is 0.857. The second-order valence-corrected chi connectivity index (χ2v) is 3.79. The van der Waals surface area contributed by atoms with Crippen molar-refractivity contribution in [1.29, 1.82) is 0 Å². The summed E-state index contributed by atoms with van der Waals surface area (Å²) < 4.78 is 4.95. The highest BCUT2D eigenvalue weighted by Crippen LogP contribution is 2.26. The highest BCUT2D eigenvalue weighted by atomic mass is 35.5. The van der Waals surface area contributed by atoms with Gasteiger partial charge in [-0.1, -0.05) is 6.07 Å². The van der Waals surface area contributed by atoms with Gasteiger partial charge < -0.3 is 20.1 Å². The first-order valence-corrected chi connectivity index (χ1v) is 5.33. The molecular formula is C12H19ClN2O3. The van der Waals surface area contributed by atoms with Crippen molar-refractivity contribution in [3.63, 3.8) is 0 Å². The molecule has 0 saturated heterocycles. The third-order valence-corrected chi connectivity index (χ3v) is 2.42. The SMILES string of the molecule is CNCC(=O)N(C)Cc1ccc(OC)c(O)c1.Cl. The molecule has 0 fully saturated rings. The molecule has 0 aliphatic heterocycles. The molecule has 2 N–H and O–H groups in total. The maximum Gasteiger partial charge on any atom is 0.236 e. The molecule has 18 heavy (non-hydrogen) atoms. The van der Waals surface area contributed by atoms with Crippen LogP contribution in [0.5, 0.6) is 11.5 Å². The lowest BCUT2D eigenvalue weighted by atomic mass is 10.2. The van der Waals surface area contributed by atoms with Crippen LogP contribution in [0.1, 0.15) is 5.56 Å². The van der Waals surface area contributed by atoms with Gasteiger partial charge in [-0.05, 0) is 24.7 Å². The fourth-order valence-corrected chi connectivity index (χ4v) is 1.48. The number of methoxy groups -OCH3 is 1. The van der Waals surface area contributed by atoms with Gasteiger partial charge in [0.1, 0.15) is 0 Å². The average Bonchev–Trinajstić information content (AvgIpc) is 2.29. The van der Waals surface area contributed by atoms with Gasteiger partial charge in [-0.3, -0.25) is 4.79 Å². The number of hydrogen-bond acceptors (Lipinski definition) is 4. The van der Waals surface area contributed by atoms with Crippen LogP contribution in [0.4, 0.5) is 0 Å². The van der Waals surface area contributed by atoms with Crippen molar-refractivity contribution in [3.05, 3.63) is 23.8 Å². The molecule has 0 aliphatic rings. The number of rotatable bonds is 5. The summed E-state index contributed by atoms with van der Waals surface area (Å²) in [4.78, 5) is 13.1. The van der Waals surface area contributed by atoms with Gasteiger partial charge in [0.2, 0.25) is 5.91 Å². The van der Waals surface area contributed by atoms with Crippen molar-refractivity contribution in [2.45, 2.75) is 6.54 Å². The van der Waals surface area contributed by atoms with E-state index >= 15 is 0 Å². The zero-order valence-electron chi connectivity index (χ0n) is 10.8. The van der Waals surface area contributed by atoms with E-state index in [2.05, 4.69) is 5.32 Å². The number of carbonyl (C=O) groups is 1. The highest BCUT2D eigenvalue weighted by Gasteiger charge is 2.09. The van der Waals surface area contributed by atoms with Crippen LogP contribution in [-0.2, 0) is 11.3 Å². The van der Waals surface area contributed by atoms with Crippen molar-refractivity contribution < 1.29 is 14.6 Å². The number of likely N-dealkylation sites (N-methyl/N-ethyl adjacent to an activating group) is 2. The Morgan fingerprint density at radius 2 is 2.17 bits per heavy atom. The molecule has 0 aliphatic carbocycles. The molecule has 5 nitrogen and oxygen atoms in total. The molecule has 0 aromatic heterocycles. The van der Waals surface area contributed by atoms with Crippen LogP contribution in [0, 0.1) is 0 Å². The van der Waals surface area contributed by atoms with Crippen LogP contribution in [0.2, 0.25) is 0 Å². The predicted molar refractivity (Wildman–Crippen MR) is 72.3 cm³/mol. The van der Waals surface area contributed by atoms with Gasteiger partial charge in [0.25, 0.3) is 0 Å². The number of carbonyl (C=O) groups excluding carboxylic acids is 1. The fraction of sp³-hybridized carbons (Fsp3) is 0.417. The molecule has 0 saturated carbocycles. The van der Waals surface area contributed by atoms with E-state index in [0.29, 0.717) is 18.8 Å². The number of nitrogens with zero attached hydrogens (tertiary/aromatic N) is 1. The Labute approximate surface area is 113 Å². The monoisotopic (exact) mass is 274 g/mol. The zero-order valence-corrected chi connectivity index (χ0v) is 11.6. The van der Waals surface area contributed by atoms with Crippen molar-refractivity contribution in [3.8, 4) is 11.5 Å². The van der Waals surface area contributed by atoms with E-state index in [0.717, 1.165) is 5.56 Å². The summed E-state index contributed by atoms with van der Waals surface area (Å²) in [5.74, 6) is 0.514. The quantitative estimate of drug-likeness (QED) is 0.841. The molecule has 1 amide bonds. The van der Waals surface area contributed by atoms with Gasteiger partial charge in [-0.15, -0.1) is 12.4 Å². The molecule has 0 radical (unpaired) electrons. The first-order chi connectivity index (χ1) is 8.08. The number of aromatic hydroxyl groups is 1. The van der Waals surface area contributed by atoms with Crippen molar-refractivity contribution in [2.24, 2.45) is 0 Å². The van der Waals surface area contributed by atoms with E-state index < -0.39 is 0 Å². The van der Waals surface area contributed by atoms with Crippen LogP contribution in [0.15, 0.2) is 18.2 Å². The molecular weight excluding hydrogens is 256 g/mol.